The quantitative estimate of drug-likeness (QED) is 0.0349. The first-order valence-corrected chi connectivity index (χ1v) is 23.5. The molecule has 0 heterocycles. The molecule has 0 amide bonds. The predicted octanol–water partition coefficient (Wildman–Crippen LogP) is 13.6. The lowest BCUT2D eigenvalue weighted by atomic mass is 9.86. The average molecular weight is 780 g/mol. The van der Waals surface area contributed by atoms with Gasteiger partial charge in [-0.25, -0.2) is 0 Å². The van der Waals surface area contributed by atoms with E-state index in [9.17, 15) is 14.4 Å². The fourth-order valence-electron chi connectivity index (χ4n) is 7.39. The van der Waals surface area contributed by atoms with Crippen LogP contribution in [0.25, 0.3) is 0 Å². The third kappa shape index (κ3) is 31.1. The van der Waals surface area contributed by atoms with Crippen molar-refractivity contribution in [3.63, 3.8) is 0 Å². The molecule has 0 aromatic rings. The molecule has 0 aliphatic carbocycles. The van der Waals surface area contributed by atoms with E-state index in [4.69, 9.17) is 14.2 Å². The number of unbranched alkanes of at least 4 members (excludes halogenated alkanes) is 15. The molecule has 7 nitrogen and oxygen atoms in total. The minimum atomic E-state index is -0.495. The van der Waals surface area contributed by atoms with Crippen molar-refractivity contribution in [2.45, 2.75) is 241 Å². The minimum absolute atomic E-state index is 0.0695. The lowest BCUT2D eigenvalue weighted by molar-refractivity contribution is -0.155. The van der Waals surface area contributed by atoms with Gasteiger partial charge >= 0.3 is 17.9 Å². The van der Waals surface area contributed by atoms with E-state index in [1.165, 1.54) is 89.9 Å². The minimum Gasteiger partial charge on any atom is -0.465 e. The third-order valence-electron chi connectivity index (χ3n) is 11.5. The molecule has 326 valence electrons. The van der Waals surface area contributed by atoms with Crippen molar-refractivity contribution in [1.82, 2.24) is 4.90 Å². The standard InChI is InChI=1S/C48H93NO6/c1-10-13-16-18-19-20-29-40-53-45(51)47(4,5)37-27-21-25-33-43(55-44(50)35-30-39-49(8)9)34-26-22-28-38-48(6,7)46(52)54-41-36-42(31-23-15-12-3)32-24-17-14-11-2/h42-43H,10-41H2,1-9H3. The van der Waals surface area contributed by atoms with E-state index < -0.39 is 10.8 Å². The molecule has 0 saturated heterocycles. The highest BCUT2D eigenvalue weighted by molar-refractivity contribution is 5.76. The lowest BCUT2D eigenvalue weighted by Gasteiger charge is -2.24. The number of carbonyl (C=O) groups is 3. The molecule has 0 fully saturated rings. The van der Waals surface area contributed by atoms with Gasteiger partial charge in [0.2, 0.25) is 0 Å². The van der Waals surface area contributed by atoms with Gasteiger partial charge in [-0.3, -0.25) is 14.4 Å². The molecule has 0 radical (unpaired) electrons. The fraction of sp³-hybridized carbons (Fsp3) is 0.938. The van der Waals surface area contributed by atoms with Crippen molar-refractivity contribution in [1.29, 1.82) is 0 Å². The van der Waals surface area contributed by atoms with E-state index in [-0.39, 0.29) is 24.0 Å². The second-order valence-corrected chi connectivity index (χ2v) is 18.4. The molecule has 0 aliphatic heterocycles. The van der Waals surface area contributed by atoms with E-state index in [0.717, 1.165) is 96.4 Å². The van der Waals surface area contributed by atoms with Gasteiger partial charge in [-0.05, 0) is 112 Å². The van der Waals surface area contributed by atoms with E-state index in [1.54, 1.807) is 0 Å². The predicted molar refractivity (Wildman–Crippen MR) is 232 cm³/mol. The van der Waals surface area contributed by atoms with Crippen molar-refractivity contribution in [2.75, 3.05) is 33.9 Å². The van der Waals surface area contributed by atoms with Gasteiger partial charge in [-0.2, -0.15) is 0 Å². The van der Waals surface area contributed by atoms with Crippen molar-refractivity contribution in [3.05, 3.63) is 0 Å². The first-order valence-electron chi connectivity index (χ1n) is 23.5. The molecule has 0 bridgehead atoms. The maximum Gasteiger partial charge on any atom is 0.311 e. The van der Waals surface area contributed by atoms with Crippen LogP contribution < -0.4 is 0 Å². The smallest absolute Gasteiger partial charge is 0.311 e. The summed E-state index contributed by atoms with van der Waals surface area (Å²) in [5.74, 6) is 0.405. The van der Waals surface area contributed by atoms with Gasteiger partial charge in [-0.1, -0.05) is 143 Å². The Labute approximate surface area is 341 Å². The zero-order chi connectivity index (χ0) is 41.2. The highest BCUT2D eigenvalue weighted by Gasteiger charge is 2.30. The summed E-state index contributed by atoms with van der Waals surface area (Å²) in [6, 6.07) is 0. The topological polar surface area (TPSA) is 82.1 Å². The zero-order valence-electron chi connectivity index (χ0n) is 38.2. The van der Waals surface area contributed by atoms with Gasteiger partial charge < -0.3 is 19.1 Å². The van der Waals surface area contributed by atoms with Crippen LogP contribution in [0, 0.1) is 16.7 Å². The monoisotopic (exact) mass is 780 g/mol. The normalized spacial score (nSPS) is 13.2. The van der Waals surface area contributed by atoms with Crippen molar-refractivity contribution < 1.29 is 28.6 Å². The summed E-state index contributed by atoms with van der Waals surface area (Å²) in [7, 11) is 4.04. The SMILES string of the molecule is CCCCCCCCCOC(=O)C(C)(C)CCCCCC(CCCCCC(C)(C)C(=O)OCCC(CCCCC)CCCCCC)OC(=O)CCCN(C)C. The Morgan fingerprint density at radius 2 is 0.909 bits per heavy atom. The molecule has 2 unspecified atom stereocenters. The van der Waals surface area contributed by atoms with Crippen molar-refractivity contribution in [2.24, 2.45) is 16.7 Å². The summed E-state index contributed by atoms with van der Waals surface area (Å²) < 4.78 is 17.5. The summed E-state index contributed by atoms with van der Waals surface area (Å²) in [5, 5.41) is 0. The molecule has 0 aromatic heterocycles. The maximum absolute atomic E-state index is 13.1. The van der Waals surface area contributed by atoms with Crippen LogP contribution in [0.2, 0.25) is 0 Å². The Hall–Kier alpha value is -1.63. The Kier molecular flexibility index (Phi) is 33.4. The summed E-state index contributed by atoms with van der Waals surface area (Å²) in [5.41, 5.74) is -0.977. The molecule has 0 rings (SSSR count). The molecule has 0 aromatic carbocycles. The maximum atomic E-state index is 13.1. The number of hydrogen-bond donors (Lipinski definition) is 0. The fourth-order valence-corrected chi connectivity index (χ4v) is 7.39. The molecule has 0 saturated carbocycles. The Morgan fingerprint density at radius 3 is 1.44 bits per heavy atom. The van der Waals surface area contributed by atoms with Gasteiger partial charge in [0.25, 0.3) is 0 Å². The Balaban J connectivity index is 4.70. The van der Waals surface area contributed by atoms with Gasteiger partial charge in [0.05, 0.1) is 24.0 Å². The van der Waals surface area contributed by atoms with Gasteiger partial charge in [-0.15, -0.1) is 0 Å². The summed E-state index contributed by atoms with van der Waals surface area (Å²) in [6.07, 6.45) is 31.2. The van der Waals surface area contributed by atoms with E-state index in [1.807, 2.05) is 41.8 Å². The van der Waals surface area contributed by atoms with Crippen LogP contribution in [0.5, 0.6) is 0 Å². The largest absolute Gasteiger partial charge is 0.465 e. The first-order chi connectivity index (χ1) is 26.3. The number of ether oxygens (including phenoxy) is 3. The number of hydrogen-bond acceptors (Lipinski definition) is 7. The van der Waals surface area contributed by atoms with Gasteiger partial charge in [0.1, 0.15) is 6.10 Å². The van der Waals surface area contributed by atoms with E-state index in [2.05, 4.69) is 25.7 Å². The highest BCUT2D eigenvalue weighted by atomic mass is 16.5. The second-order valence-electron chi connectivity index (χ2n) is 18.4. The van der Waals surface area contributed by atoms with Crippen LogP contribution in [0.1, 0.15) is 235 Å². The summed E-state index contributed by atoms with van der Waals surface area (Å²) in [6.45, 7) is 16.7. The van der Waals surface area contributed by atoms with Gasteiger partial charge in [0.15, 0.2) is 0 Å². The third-order valence-corrected chi connectivity index (χ3v) is 11.5. The number of esters is 3. The summed E-state index contributed by atoms with van der Waals surface area (Å²) >= 11 is 0. The average Bonchev–Trinajstić information content (AvgIpc) is 3.13. The van der Waals surface area contributed by atoms with Gasteiger partial charge in [0, 0.05) is 6.42 Å². The molecule has 7 heteroatoms. The van der Waals surface area contributed by atoms with E-state index >= 15 is 0 Å². The molecular formula is C48H93NO6. The van der Waals surface area contributed by atoms with Crippen LogP contribution in [-0.4, -0.2) is 62.8 Å². The number of nitrogens with zero attached hydrogens (tertiary/aromatic N) is 1. The number of carbonyl (C=O) groups excluding carboxylic acids is 3. The molecule has 0 N–H and O–H groups in total. The first kappa shape index (κ1) is 53.4. The van der Waals surface area contributed by atoms with Crippen LogP contribution in [0.15, 0.2) is 0 Å². The molecule has 2 atom stereocenters. The molecule has 0 spiro atoms. The van der Waals surface area contributed by atoms with E-state index in [0.29, 0.717) is 25.6 Å². The van der Waals surface area contributed by atoms with Crippen molar-refractivity contribution >= 4 is 17.9 Å². The molecule has 55 heavy (non-hydrogen) atoms. The Bertz CT molecular complexity index is 931. The van der Waals surface area contributed by atoms with Crippen LogP contribution in [0.4, 0.5) is 0 Å². The molecule has 0 aliphatic rings. The van der Waals surface area contributed by atoms with Crippen LogP contribution in [0.3, 0.4) is 0 Å². The zero-order valence-corrected chi connectivity index (χ0v) is 38.2. The Morgan fingerprint density at radius 1 is 0.491 bits per heavy atom. The second kappa shape index (κ2) is 34.4. The van der Waals surface area contributed by atoms with Crippen LogP contribution >= 0.6 is 0 Å². The molecular weight excluding hydrogens is 687 g/mol. The van der Waals surface area contributed by atoms with Crippen LogP contribution in [-0.2, 0) is 28.6 Å². The lowest BCUT2D eigenvalue weighted by Crippen LogP contribution is -2.27. The van der Waals surface area contributed by atoms with Crippen molar-refractivity contribution in [3.8, 4) is 0 Å². The highest BCUT2D eigenvalue weighted by Crippen LogP contribution is 2.29. The number of rotatable bonds is 39. The summed E-state index contributed by atoms with van der Waals surface area (Å²) in [4.78, 5) is 40.7.